The fourth-order valence-electron chi connectivity index (χ4n) is 1.45. The van der Waals surface area contributed by atoms with Crippen LogP contribution in [-0.4, -0.2) is 23.5 Å². The number of carbonyl (C=O) groups is 2. The van der Waals surface area contributed by atoms with Gasteiger partial charge in [-0.1, -0.05) is 6.07 Å². The molecule has 1 aromatic carbocycles. The van der Waals surface area contributed by atoms with Crippen molar-refractivity contribution in [3.8, 4) is 0 Å². The van der Waals surface area contributed by atoms with Gasteiger partial charge >= 0.3 is 6.09 Å². The van der Waals surface area contributed by atoms with Gasteiger partial charge in [-0.2, -0.15) is 0 Å². The first-order valence-corrected chi connectivity index (χ1v) is 6.99. The molecule has 1 atom stereocenters. The molecule has 3 N–H and O–H groups in total. The van der Waals surface area contributed by atoms with Crippen LogP contribution in [0, 0.1) is 0 Å². The van der Waals surface area contributed by atoms with E-state index in [0.29, 0.717) is 15.7 Å². The fraction of sp³-hybridized carbons (Fsp3) is 0.429. The minimum atomic E-state index is -0.592. The lowest BCUT2D eigenvalue weighted by molar-refractivity contribution is 0.0635. The summed E-state index contributed by atoms with van der Waals surface area (Å²) in [5.74, 6) is -0.190. The van der Waals surface area contributed by atoms with Crippen molar-refractivity contribution in [1.29, 1.82) is 0 Å². The molecule has 0 spiro atoms. The topological polar surface area (TPSA) is 81.4 Å². The van der Waals surface area contributed by atoms with Gasteiger partial charge in [-0.05, 0) is 55.8 Å². The normalized spacial score (nSPS) is 12.7. The van der Waals surface area contributed by atoms with Crippen LogP contribution in [-0.2, 0) is 4.74 Å². The maximum Gasteiger partial charge on any atom is 0.412 e. The average molecular weight is 343 g/mol. The fourth-order valence-corrected chi connectivity index (χ4v) is 1.80. The first-order chi connectivity index (χ1) is 9.10. The van der Waals surface area contributed by atoms with Gasteiger partial charge in [-0.25, -0.2) is 4.79 Å². The first-order valence-electron chi connectivity index (χ1n) is 6.19. The second-order valence-corrected chi connectivity index (χ2v) is 6.33. The molecule has 0 saturated carbocycles. The van der Waals surface area contributed by atoms with E-state index in [4.69, 9.17) is 10.5 Å². The van der Waals surface area contributed by atoms with E-state index >= 15 is 0 Å². The molecule has 1 rings (SSSR count). The van der Waals surface area contributed by atoms with Crippen LogP contribution >= 0.6 is 15.9 Å². The van der Waals surface area contributed by atoms with E-state index in [1.165, 1.54) is 0 Å². The molecule has 0 aliphatic carbocycles. The Kier molecular flexibility index (Phi) is 5.30. The molecule has 0 fully saturated rings. The molecule has 0 bridgehead atoms. The van der Waals surface area contributed by atoms with Crippen molar-refractivity contribution in [3.63, 3.8) is 0 Å². The van der Waals surface area contributed by atoms with Gasteiger partial charge in [0.1, 0.15) is 5.60 Å². The largest absolute Gasteiger partial charge is 0.444 e. The number of hydrogen-bond donors (Lipinski definition) is 2. The standard InChI is InChI=1S/C14H19BrN2O3/c1-8(16)12(18)9-5-6-10(15)11(7-9)17-13(19)20-14(2,3)4/h5-8H,16H2,1-4H3,(H,17,19). The number of halogens is 1. The Morgan fingerprint density at radius 2 is 1.95 bits per heavy atom. The highest BCUT2D eigenvalue weighted by Gasteiger charge is 2.18. The molecule has 0 radical (unpaired) electrons. The van der Waals surface area contributed by atoms with Gasteiger partial charge in [0.05, 0.1) is 11.7 Å². The molecule has 20 heavy (non-hydrogen) atoms. The van der Waals surface area contributed by atoms with Crippen LogP contribution in [0.1, 0.15) is 38.1 Å². The highest BCUT2D eigenvalue weighted by molar-refractivity contribution is 9.10. The van der Waals surface area contributed by atoms with E-state index < -0.39 is 17.7 Å². The summed E-state index contributed by atoms with van der Waals surface area (Å²) >= 11 is 3.31. The number of hydrogen-bond acceptors (Lipinski definition) is 4. The predicted octanol–water partition coefficient (Wildman–Crippen LogP) is 3.33. The summed E-state index contributed by atoms with van der Waals surface area (Å²) < 4.78 is 5.82. The predicted molar refractivity (Wildman–Crippen MR) is 82.0 cm³/mol. The Hall–Kier alpha value is -1.40. The Morgan fingerprint density at radius 1 is 1.35 bits per heavy atom. The minimum Gasteiger partial charge on any atom is -0.444 e. The Balaban J connectivity index is 2.93. The number of Topliss-reactive ketones (excluding diaryl/α,β-unsaturated/α-hetero) is 1. The summed E-state index contributed by atoms with van der Waals surface area (Å²) in [5, 5.41) is 2.60. The van der Waals surface area contributed by atoms with Crippen LogP contribution in [0.4, 0.5) is 10.5 Å². The zero-order chi connectivity index (χ0) is 15.5. The highest BCUT2D eigenvalue weighted by atomic mass is 79.9. The van der Waals surface area contributed by atoms with Crippen LogP contribution in [0.2, 0.25) is 0 Å². The van der Waals surface area contributed by atoms with Crippen LogP contribution in [0.25, 0.3) is 0 Å². The molecule has 110 valence electrons. The monoisotopic (exact) mass is 342 g/mol. The van der Waals surface area contributed by atoms with Crippen molar-refractivity contribution in [1.82, 2.24) is 0 Å². The van der Waals surface area contributed by atoms with Crippen LogP contribution in [0.3, 0.4) is 0 Å². The van der Waals surface area contributed by atoms with Crippen molar-refractivity contribution in [2.45, 2.75) is 39.3 Å². The van der Waals surface area contributed by atoms with Gasteiger partial charge < -0.3 is 10.5 Å². The van der Waals surface area contributed by atoms with E-state index in [0.717, 1.165) is 0 Å². The summed E-state index contributed by atoms with van der Waals surface area (Å²) in [6.45, 7) is 6.94. The number of benzene rings is 1. The quantitative estimate of drug-likeness (QED) is 0.825. The van der Waals surface area contributed by atoms with E-state index in [2.05, 4.69) is 21.2 Å². The molecule has 0 aliphatic heterocycles. The number of anilines is 1. The summed E-state index contributed by atoms with van der Waals surface area (Å²) in [5.41, 5.74) is 5.88. The number of nitrogens with two attached hydrogens (primary N) is 1. The number of nitrogens with one attached hydrogen (secondary N) is 1. The van der Waals surface area contributed by atoms with Crippen LogP contribution < -0.4 is 11.1 Å². The summed E-state index contributed by atoms with van der Waals surface area (Å²) in [6.07, 6.45) is -0.580. The number of ether oxygens (including phenoxy) is 1. The highest BCUT2D eigenvalue weighted by Crippen LogP contribution is 2.25. The van der Waals surface area contributed by atoms with Crippen molar-refractivity contribution in [2.24, 2.45) is 5.73 Å². The molecule has 0 saturated heterocycles. The molecular weight excluding hydrogens is 324 g/mol. The van der Waals surface area contributed by atoms with Gasteiger partial charge in [0, 0.05) is 10.0 Å². The number of ketones is 1. The lowest BCUT2D eigenvalue weighted by Gasteiger charge is -2.20. The van der Waals surface area contributed by atoms with Gasteiger partial charge in [0.15, 0.2) is 5.78 Å². The first kappa shape index (κ1) is 16.7. The Morgan fingerprint density at radius 3 is 2.45 bits per heavy atom. The molecule has 5 nitrogen and oxygen atoms in total. The van der Waals surface area contributed by atoms with Crippen molar-refractivity contribution in [3.05, 3.63) is 28.2 Å². The van der Waals surface area contributed by atoms with Crippen LogP contribution in [0.15, 0.2) is 22.7 Å². The zero-order valence-corrected chi connectivity index (χ0v) is 13.6. The van der Waals surface area contributed by atoms with Crippen molar-refractivity contribution in [2.75, 3.05) is 5.32 Å². The van der Waals surface area contributed by atoms with Crippen molar-refractivity contribution >= 4 is 33.5 Å². The number of amides is 1. The SMILES string of the molecule is CC(N)C(=O)c1ccc(Br)c(NC(=O)OC(C)(C)C)c1. The zero-order valence-electron chi connectivity index (χ0n) is 12.0. The molecule has 1 unspecified atom stereocenters. The molecular formula is C14H19BrN2O3. The smallest absolute Gasteiger partial charge is 0.412 e. The summed E-state index contributed by atoms with van der Waals surface area (Å²) in [4.78, 5) is 23.6. The van der Waals surface area contributed by atoms with Crippen molar-refractivity contribution < 1.29 is 14.3 Å². The minimum absolute atomic E-state index is 0.190. The third kappa shape index (κ3) is 4.94. The number of rotatable bonds is 3. The molecule has 0 aromatic heterocycles. The summed E-state index contributed by atoms with van der Waals surface area (Å²) in [7, 11) is 0. The van der Waals surface area contributed by atoms with E-state index in [-0.39, 0.29) is 5.78 Å². The van der Waals surface area contributed by atoms with Crippen LogP contribution in [0.5, 0.6) is 0 Å². The number of carbonyl (C=O) groups excluding carboxylic acids is 2. The van der Waals surface area contributed by atoms with E-state index in [1.54, 1.807) is 45.9 Å². The van der Waals surface area contributed by atoms with E-state index in [1.807, 2.05) is 0 Å². The summed E-state index contributed by atoms with van der Waals surface area (Å²) in [6, 6.07) is 4.31. The molecule has 6 heteroatoms. The third-order valence-corrected chi connectivity index (χ3v) is 2.99. The lowest BCUT2D eigenvalue weighted by Crippen LogP contribution is -2.28. The third-order valence-electron chi connectivity index (χ3n) is 2.30. The Labute approximate surface area is 127 Å². The second-order valence-electron chi connectivity index (χ2n) is 5.47. The maximum absolute atomic E-state index is 11.8. The molecule has 1 amide bonds. The molecule has 1 aromatic rings. The van der Waals surface area contributed by atoms with Gasteiger partial charge in [0.2, 0.25) is 0 Å². The van der Waals surface area contributed by atoms with E-state index in [9.17, 15) is 9.59 Å². The maximum atomic E-state index is 11.8. The van der Waals surface area contributed by atoms with Gasteiger partial charge in [-0.15, -0.1) is 0 Å². The second kappa shape index (κ2) is 6.37. The van der Waals surface area contributed by atoms with Gasteiger partial charge in [0.25, 0.3) is 0 Å². The molecule has 0 aliphatic rings. The van der Waals surface area contributed by atoms with Gasteiger partial charge in [-0.3, -0.25) is 10.1 Å². The average Bonchev–Trinajstić information content (AvgIpc) is 2.28. The Bertz CT molecular complexity index is 522. The molecule has 0 heterocycles. The lowest BCUT2D eigenvalue weighted by atomic mass is 10.1.